The summed E-state index contributed by atoms with van der Waals surface area (Å²) in [4.78, 5) is 7.63. The van der Waals surface area contributed by atoms with E-state index in [-0.39, 0.29) is 31.0 Å². The standard InChI is InChI=1S/Na.H2O3P2.H/c;1-5(2)3-4;/h;4H2;/q+1;;-1/p+1. The van der Waals surface area contributed by atoms with Crippen LogP contribution in [0.2, 0.25) is 0 Å². The molecule has 0 saturated carbocycles. The average molecular weight is 137 g/mol. The quantitative estimate of drug-likeness (QED) is 0.322. The predicted octanol–water partition coefficient (Wildman–Crippen LogP) is -2.44. The molecule has 0 radical (unpaired) electrons. The molecule has 2 atom stereocenters. The van der Waals surface area contributed by atoms with Gasteiger partial charge in [0.15, 0.2) is 0 Å². The molecule has 0 aromatic carbocycles. The van der Waals surface area contributed by atoms with Gasteiger partial charge >= 0.3 is 37.8 Å². The Morgan fingerprint density at radius 1 is 2.00 bits per heavy atom. The van der Waals surface area contributed by atoms with Crippen molar-refractivity contribution in [3.63, 3.8) is 0 Å². The molecule has 6 heteroatoms. The molecular weight excluding hydrogens is 133 g/mol. The first-order valence-corrected chi connectivity index (χ1v) is 2.40. The van der Waals surface area contributed by atoms with E-state index in [2.05, 4.69) is 4.31 Å². The molecule has 32 valence electrons. The fraction of sp³-hybridized carbons (Fsp3) is 0. The van der Waals surface area contributed by atoms with E-state index < -0.39 is 8.25 Å². The second kappa shape index (κ2) is 6.45. The maximum atomic E-state index is 9.27. The summed E-state index contributed by atoms with van der Waals surface area (Å²) in [5.41, 5.74) is 0. The van der Waals surface area contributed by atoms with Crippen molar-refractivity contribution in [3.05, 3.63) is 0 Å². The van der Waals surface area contributed by atoms with Crippen molar-refractivity contribution in [1.82, 2.24) is 0 Å². The summed E-state index contributed by atoms with van der Waals surface area (Å²) in [6.45, 7) is 0. The van der Waals surface area contributed by atoms with Gasteiger partial charge in [-0.2, -0.15) is 0 Å². The molecule has 3 nitrogen and oxygen atoms in total. The van der Waals surface area contributed by atoms with Gasteiger partial charge < -0.3 is 1.43 Å². The van der Waals surface area contributed by atoms with E-state index in [4.69, 9.17) is 4.89 Å². The van der Waals surface area contributed by atoms with Gasteiger partial charge in [-0.3, -0.25) is 0 Å². The largest absolute Gasteiger partial charge is 1.00 e. The smallest absolute Gasteiger partial charge is 1.00 e. The Morgan fingerprint density at radius 2 is 2.17 bits per heavy atom. The van der Waals surface area contributed by atoms with Gasteiger partial charge in [0, 0.05) is 4.57 Å². The van der Waals surface area contributed by atoms with Crippen molar-refractivity contribution in [1.29, 1.82) is 0 Å². The number of hydrogen-bond donors (Lipinski definition) is 1. The minimum Gasteiger partial charge on any atom is -1.00 e. The number of rotatable bonds is 1. The van der Waals surface area contributed by atoms with Gasteiger partial charge in [0.2, 0.25) is 0 Å². The molecule has 0 spiro atoms. The summed E-state index contributed by atoms with van der Waals surface area (Å²) in [6, 6.07) is 0. The van der Waals surface area contributed by atoms with Gasteiger partial charge in [0.05, 0.1) is 9.47 Å². The molecule has 6 heavy (non-hydrogen) atoms. The van der Waals surface area contributed by atoms with E-state index in [1.54, 1.807) is 9.47 Å². The first kappa shape index (κ1) is 10.4. The van der Waals surface area contributed by atoms with Crippen molar-refractivity contribution < 1.29 is 44.8 Å². The molecule has 0 aromatic rings. The Hall–Kier alpha value is 1.45. The summed E-state index contributed by atoms with van der Waals surface area (Å²) < 4.78 is 13.0. The van der Waals surface area contributed by atoms with Crippen LogP contribution in [0, 0.1) is 0 Å². The molecule has 0 aliphatic heterocycles. The zero-order chi connectivity index (χ0) is 4.28. The van der Waals surface area contributed by atoms with Gasteiger partial charge in [0.25, 0.3) is 0 Å². The zero-order valence-electron chi connectivity index (χ0n) is 4.29. The summed E-state index contributed by atoms with van der Waals surface area (Å²) in [5, 5.41) is 0. The van der Waals surface area contributed by atoms with Crippen molar-refractivity contribution in [2.24, 2.45) is 0 Å². The summed E-state index contributed by atoms with van der Waals surface area (Å²) in [7, 11) is -0.725. The topological polar surface area (TPSA) is 46.5 Å². The third-order valence-corrected chi connectivity index (χ3v) is 0.812. The molecule has 0 heterocycles. The maximum absolute atomic E-state index is 9.27. The van der Waals surface area contributed by atoms with Crippen molar-refractivity contribution in [2.45, 2.75) is 0 Å². The summed E-state index contributed by atoms with van der Waals surface area (Å²) >= 11 is 0. The molecular formula is H4NaO3P2+. The van der Waals surface area contributed by atoms with Crippen LogP contribution >= 0.6 is 17.7 Å². The number of hydrogen-bond acceptors (Lipinski definition) is 2. The normalized spacial score (nSPS) is 9.33. The van der Waals surface area contributed by atoms with Crippen LogP contribution in [0.3, 0.4) is 0 Å². The minimum atomic E-state index is -2.39. The molecule has 0 aromatic heterocycles. The van der Waals surface area contributed by atoms with Crippen LogP contribution in [0.25, 0.3) is 0 Å². The molecule has 0 amide bonds. The monoisotopic (exact) mass is 137 g/mol. The van der Waals surface area contributed by atoms with Gasteiger partial charge in [-0.25, -0.2) is 0 Å². The van der Waals surface area contributed by atoms with Crippen LogP contribution in [0.4, 0.5) is 0 Å². The van der Waals surface area contributed by atoms with Crippen LogP contribution in [0.1, 0.15) is 1.43 Å². The van der Waals surface area contributed by atoms with Crippen LogP contribution in [-0.4, -0.2) is 4.89 Å². The van der Waals surface area contributed by atoms with E-state index in [0.29, 0.717) is 0 Å². The Balaban J connectivity index is -0.0000000800. The van der Waals surface area contributed by atoms with E-state index >= 15 is 0 Å². The van der Waals surface area contributed by atoms with Crippen LogP contribution < -0.4 is 29.6 Å². The van der Waals surface area contributed by atoms with Gasteiger partial charge in [-0.1, -0.05) is 0 Å². The van der Waals surface area contributed by atoms with Gasteiger partial charge in [-0.15, -0.1) is 9.20 Å². The Morgan fingerprint density at radius 3 is 2.17 bits per heavy atom. The van der Waals surface area contributed by atoms with E-state index in [1.165, 1.54) is 0 Å². The van der Waals surface area contributed by atoms with Crippen LogP contribution in [0.5, 0.6) is 0 Å². The van der Waals surface area contributed by atoms with E-state index in [9.17, 15) is 4.57 Å². The van der Waals surface area contributed by atoms with Crippen LogP contribution in [0.15, 0.2) is 0 Å². The van der Waals surface area contributed by atoms with Gasteiger partial charge in [-0.05, 0) is 0 Å². The van der Waals surface area contributed by atoms with Crippen molar-refractivity contribution in [2.75, 3.05) is 0 Å². The Labute approximate surface area is 62.5 Å². The molecule has 0 aliphatic carbocycles. The van der Waals surface area contributed by atoms with Crippen molar-refractivity contribution in [3.8, 4) is 0 Å². The SMILES string of the molecule is O=[P+](O)OP.[H-].[Na+]. The van der Waals surface area contributed by atoms with Gasteiger partial charge in [0.1, 0.15) is 0 Å². The molecule has 0 saturated heterocycles. The molecule has 0 rings (SSSR count). The summed E-state index contributed by atoms with van der Waals surface area (Å²) in [6.07, 6.45) is 0. The zero-order valence-corrected chi connectivity index (χ0v) is 7.34. The Kier molecular flexibility index (Phi) is 11.2. The maximum Gasteiger partial charge on any atom is 1.00 e. The molecule has 1 N–H and O–H groups in total. The first-order valence-electron chi connectivity index (χ1n) is 0.801. The predicted molar refractivity (Wildman–Crippen MR) is 21.7 cm³/mol. The Bertz CT molecular complexity index is 48.2. The third-order valence-electron chi connectivity index (χ3n) is 0.0902. The molecule has 2 unspecified atom stereocenters. The van der Waals surface area contributed by atoms with Crippen molar-refractivity contribution >= 4 is 17.7 Å². The summed E-state index contributed by atoms with van der Waals surface area (Å²) in [5.74, 6) is 0. The molecule has 0 fully saturated rings. The van der Waals surface area contributed by atoms with E-state index in [1.807, 2.05) is 0 Å². The van der Waals surface area contributed by atoms with Crippen LogP contribution in [-0.2, 0) is 8.88 Å². The third kappa shape index (κ3) is 9.07. The second-order valence-electron chi connectivity index (χ2n) is 0.343. The second-order valence-corrected chi connectivity index (χ2v) is 1.66. The molecule has 0 bridgehead atoms. The fourth-order valence-electron chi connectivity index (χ4n) is 0. The minimum absolute atomic E-state index is 0. The molecule has 0 aliphatic rings. The fourth-order valence-corrected chi connectivity index (χ4v) is 0. The average Bonchev–Trinajstić information content (AvgIpc) is 1.38. The van der Waals surface area contributed by atoms with E-state index in [0.717, 1.165) is 0 Å². The first-order chi connectivity index (χ1) is 2.27.